The smallest absolute Gasteiger partial charge is 0.240 e. The van der Waals surface area contributed by atoms with Crippen LogP contribution in [0.25, 0.3) is 0 Å². The second-order valence-corrected chi connectivity index (χ2v) is 8.65. The Morgan fingerprint density at radius 1 is 0.862 bits per heavy atom. The molecular weight excluding hydrogens is 408 g/mol. The molecular formula is C22H21ClN2O3S. The number of benzene rings is 3. The van der Waals surface area contributed by atoms with Crippen molar-refractivity contribution in [1.82, 2.24) is 4.72 Å². The normalized spacial score (nSPS) is 11.2. The first kappa shape index (κ1) is 21.0. The molecule has 3 aromatic carbocycles. The summed E-state index contributed by atoms with van der Waals surface area (Å²) < 4.78 is 27.4. The van der Waals surface area contributed by atoms with Crippen LogP contribution in [0, 0.1) is 0 Å². The monoisotopic (exact) mass is 428 g/mol. The lowest BCUT2D eigenvalue weighted by molar-refractivity contribution is -0.116. The van der Waals surface area contributed by atoms with E-state index in [0.29, 0.717) is 17.1 Å². The lowest BCUT2D eigenvalue weighted by Crippen LogP contribution is -2.23. The van der Waals surface area contributed by atoms with E-state index < -0.39 is 10.0 Å². The number of anilines is 1. The van der Waals surface area contributed by atoms with Gasteiger partial charge in [-0.2, -0.15) is 0 Å². The van der Waals surface area contributed by atoms with Crippen LogP contribution in [0.4, 0.5) is 5.69 Å². The zero-order valence-electron chi connectivity index (χ0n) is 15.6. The van der Waals surface area contributed by atoms with E-state index in [2.05, 4.69) is 10.0 Å². The van der Waals surface area contributed by atoms with Crippen molar-refractivity contribution < 1.29 is 13.2 Å². The first-order chi connectivity index (χ1) is 13.9. The van der Waals surface area contributed by atoms with E-state index in [-0.39, 0.29) is 23.8 Å². The number of carbonyl (C=O) groups is 1. The van der Waals surface area contributed by atoms with Crippen molar-refractivity contribution >= 4 is 33.2 Å². The molecule has 0 atom stereocenters. The largest absolute Gasteiger partial charge is 0.326 e. The number of sulfonamides is 1. The molecule has 0 radical (unpaired) electrons. The first-order valence-electron chi connectivity index (χ1n) is 9.11. The fourth-order valence-electron chi connectivity index (χ4n) is 2.75. The van der Waals surface area contributed by atoms with Crippen LogP contribution < -0.4 is 10.0 Å². The SMILES string of the molecule is O=C(CCc1ccccc1Cl)Nc1ccc(S(=O)(=O)NCc2ccccc2)cc1. The molecule has 0 aromatic heterocycles. The van der Waals surface area contributed by atoms with Gasteiger partial charge in [0.2, 0.25) is 15.9 Å². The Morgan fingerprint density at radius 2 is 1.52 bits per heavy atom. The highest BCUT2D eigenvalue weighted by molar-refractivity contribution is 7.89. The van der Waals surface area contributed by atoms with E-state index in [1.54, 1.807) is 18.2 Å². The highest BCUT2D eigenvalue weighted by atomic mass is 35.5. The van der Waals surface area contributed by atoms with Gasteiger partial charge in [-0.25, -0.2) is 13.1 Å². The highest BCUT2D eigenvalue weighted by Crippen LogP contribution is 2.18. The van der Waals surface area contributed by atoms with E-state index in [1.165, 1.54) is 12.1 Å². The van der Waals surface area contributed by atoms with Crippen LogP contribution in [-0.4, -0.2) is 14.3 Å². The Labute approximate surface area is 175 Å². The van der Waals surface area contributed by atoms with E-state index in [1.807, 2.05) is 48.5 Å². The van der Waals surface area contributed by atoms with Gasteiger partial charge in [0.05, 0.1) is 4.90 Å². The van der Waals surface area contributed by atoms with Crippen molar-refractivity contribution in [1.29, 1.82) is 0 Å². The van der Waals surface area contributed by atoms with E-state index in [9.17, 15) is 13.2 Å². The summed E-state index contributed by atoms with van der Waals surface area (Å²) in [7, 11) is -3.63. The summed E-state index contributed by atoms with van der Waals surface area (Å²) in [5.74, 6) is -0.164. The Balaban J connectivity index is 1.55. The lowest BCUT2D eigenvalue weighted by Gasteiger charge is -2.09. The summed E-state index contributed by atoms with van der Waals surface area (Å²) in [6.07, 6.45) is 0.809. The fourth-order valence-corrected chi connectivity index (χ4v) is 4.00. The number of hydrogen-bond acceptors (Lipinski definition) is 3. The average molecular weight is 429 g/mol. The zero-order valence-corrected chi connectivity index (χ0v) is 17.2. The van der Waals surface area contributed by atoms with Crippen LogP contribution in [0.1, 0.15) is 17.5 Å². The molecule has 3 aromatic rings. The summed E-state index contributed by atoms with van der Waals surface area (Å²) in [6, 6.07) is 22.8. The van der Waals surface area contributed by atoms with Gasteiger partial charge in [0, 0.05) is 23.7 Å². The van der Waals surface area contributed by atoms with E-state index in [4.69, 9.17) is 11.6 Å². The molecule has 0 saturated carbocycles. The number of rotatable bonds is 8. The summed E-state index contributed by atoms with van der Waals surface area (Å²) >= 11 is 6.10. The molecule has 0 fully saturated rings. The van der Waals surface area contributed by atoms with Gasteiger partial charge in [-0.3, -0.25) is 4.79 Å². The van der Waals surface area contributed by atoms with E-state index in [0.717, 1.165) is 11.1 Å². The van der Waals surface area contributed by atoms with Gasteiger partial charge in [0.15, 0.2) is 0 Å². The molecule has 150 valence electrons. The quantitative estimate of drug-likeness (QED) is 0.558. The fraction of sp³-hybridized carbons (Fsp3) is 0.136. The topological polar surface area (TPSA) is 75.3 Å². The molecule has 0 aliphatic carbocycles. The third-order valence-corrected chi connectivity index (χ3v) is 6.12. The van der Waals surface area contributed by atoms with Gasteiger partial charge in [0.1, 0.15) is 0 Å². The second kappa shape index (κ2) is 9.69. The third-order valence-electron chi connectivity index (χ3n) is 4.34. The summed E-state index contributed by atoms with van der Waals surface area (Å²) in [6.45, 7) is 0.212. The van der Waals surface area contributed by atoms with Gasteiger partial charge >= 0.3 is 0 Å². The minimum absolute atomic E-state index is 0.141. The summed E-state index contributed by atoms with van der Waals surface area (Å²) in [5, 5.41) is 3.41. The van der Waals surface area contributed by atoms with Crippen molar-refractivity contribution in [2.75, 3.05) is 5.32 Å². The summed E-state index contributed by atoms with van der Waals surface area (Å²) in [5.41, 5.74) is 2.32. The van der Waals surface area contributed by atoms with Crippen LogP contribution in [0.3, 0.4) is 0 Å². The minimum Gasteiger partial charge on any atom is -0.326 e. The predicted molar refractivity (Wildman–Crippen MR) is 115 cm³/mol. The van der Waals surface area contributed by atoms with Crippen molar-refractivity contribution in [2.24, 2.45) is 0 Å². The van der Waals surface area contributed by atoms with Crippen LogP contribution in [0.2, 0.25) is 5.02 Å². The highest BCUT2D eigenvalue weighted by Gasteiger charge is 2.14. The van der Waals surface area contributed by atoms with Crippen LogP contribution in [0.15, 0.2) is 83.8 Å². The minimum atomic E-state index is -3.63. The summed E-state index contributed by atoms with van der Waals surface area (Å²) in [4.78, 5) is 12.3. The van der Waals surface area contributed by atoms with Crippen LogP contribution in [-0.2, 0) is 27.8 Å². The molecule has 3 rings (SSSR count). The van der Waals surface area contributed by atoms with Crippen LogP contribution in [0.5, 0.6) is 0 Å². The molecule has 29 heavy (non-hydrogen) atoms. The molecule has 5 nitrogen and oxygen atoms in total. The lowest BCUT2D eigenvalue weighted by atomic mass is 10.1. The maximum absolute atomic E-state index is 12.4. The molecule has 1 amide bonds. The number of aryl methyl sites for hydroxylation is 1. The van der Waals surface area contributed by atoms with Crippen LogP contribution >= 0.6 is 11.6 Å². The maximum Gasteiger partial charge on any atom is 0.240 e. The van der Waals surface area contributed by atoms with Crippen molar-refractivity contribution in [2.45, 2.75) is 24.3 Å². The molecule has 2 N–H and O–H groups in total. The zero-order chi connectivity index (χ0) is 20.7. The standard InChI is InChI=1S/C22H21ClN2O3S/c23-21-9-5-4-8-18(21)10-15-22(26)25-19-11-13-20(14-12-19)29(27,28)24-16-17-6-2-1-3-7-17/h1-9,11-14,24H,10,15-16H2,(H,25,26). The Hall–Kier alpha value is -2.67. The average Bonchev–Trinajstić information content (AvgIpc) is 2.73. The van der Waals surface area contributed by atoms with Gasteiger partial charge in [-0.15, -0.1) is 0 Å². The Kier molecular flexibility index (Phi) is 7.04. The molecule has 0 spiro atoms. The van der Waals surface area contributed by atoms with Crippen molar-refractivity contribution in [3.05, 3.63) is 95.0 Å². The number of nitrogens with one attached hydrogen (secondary N) is 2. The third kappa shape index (κ3) is 6.15. The number of halogens is 1. The molecule has 7 heteroatoms. The van der Waals surface area contributed by atoms with Gasteiger partial charge in [-0.1, -0.05) is 60.1 Å². The Morgan fingerprint density at radius 3 is 2.21 bits per heavy atom. The Bertz CT molecular complexity index is 1070. The molecule has 0 saturated heterocycles. The molecule has 0 aliphatic heterocycles. The van der Waals surface area contributed by atoms with E-state index >= 15 is 0 Å². The molecule has 0 bridgehead atoms. The van der Waals surface area contributed by atoms with Crippen molar-refractivity contribution in [3.63, 3.8) is 0 Å². The van der Waals surface area contributed by atoms with Crippen molar-refractivity contribution in [3.8, 4) is 0 Å². The van der Waals surface area contributed by atoms with Gasteiger partial charge in [-0.05, 0) is 47.9 Å². The maximum atomic E-state index is 12.4. The first-order valence-corrected chi connectivity index (χ1v) is 11.0. The number of amides is 1. The second-order valence-electron chi connectivity index (χ2n) is 6.47. The van der Waals surface area contributed by atoms with Gasteiger partial charge < -0.3 is 5.32 Å². The number of hydrogen-bond donors (Lipinski definition) is 2. The van der Waals surface area contributed by atoms with Gasteiger partial charge in [0.25, 0.3) is 0 Å². The number of carbonyl (C=O) groups excluding carboxylic acids is 1. The molecule has 0 unspecified atom stereocenters. The molecule has 0 aliphatic rings. The molecule has 0 heterocycles. The predicted octanol–water partition coefficient (Wildman–Crippen LogP) is 4.39.